The molecule has 0 spiro atoms. The van der Waals surface area contributed by atoms with Crippen molar-refractivity contribution in [2.24, 2.45) is 5.92 Å². The van der Waals surface area contributed by atoms with Crippen LogP contribution in [0.25, 0.3) is 6.08 Å². The molecule has 0 N–H and O–H groups in total. The number of fused-ring (bicyclic) bond motifs is 3. The van der Waals surface area contributed by atoms with E-state index < -0.39 is 0 Å². The molecule has 0 aromatic heterocycles. The summed E-state index contributed by atoms with van der Waals surface area (Å²) < 4.78 is 5.91. The van der Waals surface area contributed by atoms with Crippen molar-refractivity contribution in [3.05, 3.63) is 77.4 Å². The highest BCUT2D eigenvalue weighted by atomic mass is 16.5. The van der Waals surface area contributed by atoms with Crippen molar-refractivity contribution < 1.29 is 4.74 Å². The SMILES string of the molecule is CO[C@]1(/C=C/c2ccccc2)[C@@H]2Cc3ccccc3[C@@H]21. The van der Waals surface area contributed by atoms with Gasteiger partial charge in [0.25, 0.3) is 0 Å². The van der Waals surface area contributed by atoms with Crippen molar-refractivity contribution in [1.29, 1.82) is 0 Å². The van der Waals surface area contributed by atoms with Gasteiger partial charge in [0.2, 0.25) is 0 Å². The molecule has 2 aliphatic rings. The van der Waals surface area contributed by atoms with Crippen LogP contribution < -0.4 is 0 Å². The van der Waals surface area contributed by atoms with Crippen LogP contribution >= 0.6 is 0 Å². The van der Waals surface area contributed by atoms with Crippen molar-refractivity contribution >= 4 is 6.08 Å². The van der Waals surface area contributed by atoms with Crippen LogP contribution in [0.4, 0.5) is 0 Å². The molecule has 20 heavy (non-hydrogen) atoms. The molecule has 3 atom stereocenters. The van der Waals surface area contributed by atoms with Gasteiger partial charge >= 0.3 is 0 Å². The predicted molar refractivity (Wildman–Crippen MR) is 81.6 cm³/mol. The van der Waals surface area contributed by atoms with Gasteiger partial charge in [-0.05, 0) is 23.1 Å². The van der Waals surface area contributed by atoms with E-state index >= 15 is 0 Å². The molecular weight excluding hydrogens is 244 g/mol. The Balaban J connectivity index is 1.64. The zero-order valence-electron chi connectivity index (χ0n) is 11.6. The van der Waals surface area contributed by atoms with Crippen molar-refractivity contribution in [3.63, 3.8) is 0 Å². The molecule has 2 aromatic carbocycles. The average molecular weight is 262 g/mol. The van der Waals surface area contributed by atoms with Crippen LogP contribution in [0.2, 0.25) is 0 Å². The first-order chi connectivity index (χ1) is 9.85. The minimum atomic E-state index is -0.0792. The maximum absolute atomic E-state index is 5.91. The third-order valence-electron chi connectivity index (χ3n) is 4.88. The maximum atomic E-state index is 5.91. The maximum Gasteiger partial charge on any atom is 0.0972 e. The third-order valence-corrected chi connectivity index (χ3v) is 4.88. The Kier molecular flexibility index (Phi) is 2.58. The van der Waals surface area contributed by atoms with Gasteiger partial charge in [-0.1, -0.05) is 66.7 Å². The van der Waals surface area contributed by atoms with Crippen LogP contribution in [0.3, 0.4) is 0 Å². The largest absolute Gasteiger partial charge is 0.373 e. The van der Waals surface area contributed by atoms with E-state index in [-0.39, 0.29) is 5.60 Å². The normalized spacial score (nSPS) is 30.2. The van der Waals surface area contributed by atoms with Gasteiger partial charge in [0.05, 0.1) is 5.60 Å². The minimum absolute atomic E-state index is 0.0792. The molecule has 1 nitrogen and oxygen atoms in total. The summed E-state index contributed by atoms with van der Waals surface area (Å²) in [4.78, 5) is 0. The zero-order chi connectivity index (χ0) is 13.6. The van der Waals surface area contributed by atoms with E-state index in [0.29, 0.717) is 11.8 Å². The highest BCUT2D eigenvalue weighted by Crippen LogP contribution is 2.66. The fraction of sp³-hybridized carbons (Fsp3) is 0.263. The molecular formula is C19H18O. The second-order valence-electron chi connectivity index (χ2n) is 5.79. The molecule has 0 aliphatic heterocycles. The van der Waals surface area contributed by atoms with Crippen LogP contribution in [-0.2, 0) is 11.2 Å². The lowest BCUT2D eigenvalue weighted by molar-refractivity contribution is 0.101. The molecule has 0 saturated heterocycles. The molecule has 0 amide bonds. The minimum Gasteiger partial charge on any atom is -0.373 e. The summed E-state index contributed by atoms with van der Waals surface area (Å²) in [6.07, 6.45) is 5.62. The van der Waals surface area contributed by atoms with Gasteiger partial charge in [-0.25, -0.2) is 0 Å². The summed E-state index contributed by atoms with van der Waals surface area (Å²) in [7, 11) is 1.84. The number of benzene rings is 2. The molecule has 2 aromatic rings. The Hall–Kier alpha value is -1.86. The van der Waals surface area contributed by atoms with Crippen LogP contribution in [0.1, 0.15) is 22.6 Å². The van der Waals surface area contributed by atoms with Crippen LogP contribution in [0, 0.1) is 5.92 Å². The Morgan fingerprint density at radius 3 is 2.60 bits per heavy atom. The summed E-state index contributed by atoms with van der Waals surface area (Å²) >= 11 is 0. The molecule has 1 saturated carbocycles. The highest BCUT2D eigenvalue weighted by Gasteiger charge is 2.67. The Morgan fingerprint density at radius 1 is 1.05 bits per heavy atom. The Labute approximate surface area is 119 Å². The molecule has 4 rings (SSSR count). The van der Waals surface area contributed by atoms with Crippen molar-refractivity contribution in [1.82, 2.24) is 0 Å². The van der Waals surface area contributed by atoms with Gasteiger partial charge in [0, 0.05) is 18.9 Å². The highest BCUT2D eigenvalue weighted by molar-refractivity contribution is 5.57. The predicted octanol–water partition coefficient (Wildman–Crippen LogP) is 4.05. The summed E-state index contributed by atoms with van der Waals surface area (Å²) in [6.45, 7) is 0. The molecule has 0 unspecified atom stereocenters. The summed E-state index contributed by atoms with van der Waals surface area (Å²) in [5.41, 5.74) is 4.15. The van der Waals surface area contributed by atoms with Gasteiger partial charge in [-0.15, -0.1) is 0 Å². The van der Waals surface area contributed by atoms with Crippen molar-refractivity contribution in [2.45, 2.75) is 17.9 Å². The lowest BCUT2D eigenvalue weighted by atomic mass is 9.99. The lowest BCUT2D eigenvalue weighted by Crippen LogP contribution is -2.16. The smallest absolute Gasteiger partial charge is 0.0972 e. The van der Waals surface area contributed by atoms with E-state index in [2.05, 4.69) is 60.7 Å². The molecule has 1 heteroatoms. The average Bonchev–Trinajstić information content (AvgIpc) is 2.95. The number of hydrogen-bond acceptors (Lipinski definition) is 1. The number of hydrogen-bond donors (Lipinski definition) is 0. The second-order valence-corrected chi connectivity index (χ2v) is 5.79. The number of rotatable bonds is 3. The molecule has 2 aliphatic carbocycles. The van der Waals surface area contributed by atoms with E-state index in [1.807, 2.05) is 13.2 Å². The van der Waals surface area contributed by atoms with Gasteiger partial charge in [0.15, 0.2) is 0 Å². The molecule has 100 valence electrons. The summed E-state index contributed by atoms with van der Waals surface area (Å²) in [5.74, 6) is 1.16. The fourth-order valence-corrected chi connectivity index (χ4v) is 3.82. The summed E-state index contributed by atoms with van der Waals surface area (Å²) in [6, 6.07) is 19.2. The van der Waals surface area contributed by atoms with Gasteiger partial charge in [-0.2, -0.15) is 0 Å². The lowest BCUT2D eigenvalue weighted by Gasteiger charge is -2.16. The first kappa shape index (κ1) is 11.9. The summed E-state index contributed by atoms with van der Waals surface area (Å²) in [5, 5.41) is 0. The van der Waals surface area contributed by atoms with E-state index in [9.17, 15) is 0 Å². The number of ether oxygens (including phenoxy) is 1. The Morgan fingerprint density at radius 2 is 1.80 bits per heavy atom. The van der Waals surface area contributed by atoms with E-state index in [4.69, 9.17) is 4.74 Å². The van der Waals surface area contributed by atoms with Crippen LogP contribution in [-0.4, -0.2) is 12.7 Å². The van der Waals surface area contributed by atoms with Crippen molar-refractivity contribution in [3.8, 4) is 0 Å². The topological polar surface area (TPSA) is 9.23 Å². The van der Waals surface area contributed by atoms with E-state index in [1.165, 1.54) is 16.7 Å². The van der Waals surface area contributed by atoms with E-state index in [0.717, 1.165) is 6.42 Å². The second kappa shape index (κ2) is 4.32. The van der Waals surface area contributed by atoms with Crippen LogP contribution in [0.15, 0.2) is 60.7 Å². The standard InChI is InChI=1S/C19H18O/c1-20-19(12-11-14-7-3-2-4-8-14)17-13-15-9-5-6-10-16(15)18(17)19/h2-12,17-18H,13H2,1H3/b12-11+/t17-,18+,19-/m1/s1. The molecule has 1 fully saturated rings. The van der Waals surface area contributed by atoms with Crippen LogP contribution in [0.5, 0.6) is 0 Å². The molecule has 0 heterocycles. The zero-order valence-corrected chi connectivity index (χ0v) is 11.6. The first-order valence-corrected chi connectivity index (χ1v) is 7.22. The van der Waals surface area contributed by atoms with E-state index in [1.54, 1.807) is 0 Å². The quantitative estimate of drug-likeness (QED) is 0.810. The van der Waals surface area contributed by atoms with Gasteiger partial charge < -0.3 is 4.74 Å². The van der Waals surface area contributed by atoms with Gasteiger partial charge in [-0.3, -0.25) is 0 Å². The monoisotopic (exact) mass is 262 g/mol. The number of methoxy groups -OCH3 is 1. The Bertz CT molecular complexity index is 658. The fourth-order valence-electron chi connectivity index (χ4n) is 3.82. The van der Waals surface area contributed by atoms with Gasteiger partial charge in [0.1, 0.15) is 0 Å². The third kappa shape index (κ3) is 1.60. The first-order valence-electron chi connectivity index (χ1n) is 7.22. The van der Waals surface area contributed by atoms with Crippen molar-refractivity contribution in [2.75, 3.05) is 7.11 Å². The molecule has 0 radical (unpaired) electrons. The molecule has 0 bridgehead atoms.